The molecule has 8 aromatic rings. The Bertz CT molecular complexity index is 2980. The minimum Gasteiger partial charge on any atom is -0.661 e. The van der Waals surface area contributed by atoms with Gasteiger partial charge >= 0.3 is 20.1 Å². The van der Waals surface area contributed by atoms with Gasteiger partial charge in [0, 0.05) is 35.6 Å². The number of nitrogens with zero attached hydrogens (tertiary/aromatic N) is 4. The predicted molar refractivity (Wildman–Crippen MR) is 263 cm³/mol. The zero-order valence-corrected chi connectivity index (χ0v) is 40.6. The van der Waals surface area contributed by atoms with Crippen molar-refractivity contribution in [3.63, 3.8) is 0 Å². The first-order valence-corrected chi connectivity index (χ1v) is 25.0. The summed E-state index contributed by atoms with van der Waals surface area (Å²) in [5.74, 6) is 0.601. The van der Waals surface area contributed by atoms with Crippen LogP contribution in [0.5, 0.6) is 0 Å². The normalized spacial score (nSPS) is 15.3. The summed E-state index contributed by atoms with van der Waals surface area (Å²) < 4.78 is 41.9. The summed E-state index contributed by atoms with van der Waals surface area (Å²) in [6.45, 7) is 17.3. The molecule has 0 aliphatic carbocycles. The van der Waals surface area contributed by atoms with E-state index in [0.29, 0.717) is 28.7 Å². The van der Waals surface area contributed by atoms with E-state index in [0.717, 1.165) is 33.3 Å². The summed E-state index contributed by atoms with van der Waals surface area (Å²) in [6.07, 6.45) is 0.132. The minimum atomic E-state index is -2.16. The molecule has 0 N–H and O–H groups in total. The molecular weight excluding hydrogens is 949 g/mol. The number of anilines is 2. The molecule has 0 radical (unpaired) electrons. The fraction of sp³-hybridized carbons (Fsp3) is 0.268. The average Bonchev–Trinajstić information content (AvgIpc) is 3.84. The van der Waals surface area contributed by atoms with Crippen LogP contribution in [0.1, 0.15) is 94.2 Å². The smallest absolute Gasteiger partial charge is 0.661 e. The van der Waals surface area contributed by atoms with Gasteiger partial charge in [-0.15, -0.1) is 46.5 Å². The number of rotatable bonds is 9. The van der Waals surface area contributed by atoms with Crippen LogP contribution in [0.3, 0.4) is 0 Å². The van der Waals surface area contributed by atoms with Crippen molar-refractivity contribution >= 4 is 52.1 Å². The maximum absolute atomic E-state index is 8.59. The van der Waals surface area contributed by atoms with Gasteiger partial charge in [0.05, 0.1) is 8.07 Å². The van der Waals surface area contributed by atoms with E-state index in [-0.39, 0.29) is 37.8 Å². The van der Waals surface area contributed by atoms with Gasteiger partial charge in [-0.2, -0.15) is 23.8 Å². The van der Waals surface area contributed by atoms with Crippen LogP contribution in [-0.4, -0.2) is 17.6 Å². The zero-order valence-electron chi connectivity index (χ0n) is 42.2. The van der Waals surface area contributed by atoms with Gasteiger partial charge in [-0.05, 0) is 82.0 Å². The van der Waals surface area contributed by atoms with Crippen LogP contribution in [0, 0.1) is 24.9 Å². The second-order valence-electron chi connectivity index (χ2n) is 18.0. The van der Waals surface area contributed by atoms with Gasteiger partial charge in [-0.3, -0.25) is 0 Å². The quantitative estimate of drug-likeness (QED) is 0.107. The molecular formula is C56H59IrN4Si. The van der Waals surface area contributed by atoms with Crippen molar-refractivity contribution in [1.82, 2.24) is 9.55 Å². The molecule has 3 heterocycles. The average molecular weight is 1010 g/mol. The number of hydrogen-bond acceptors (Lipinski definition) is 2. The Balaban J connectivity index is 0.000000216. The van der Waals surface area contributed by atoms with E-state index in [1.54, 1.807) is 18.3 Å². The van der Waals surface area contributed by atoms with Crippen molar-refractivity contribution < 1.29 is 27.0 Å². The van der Waals surface area contributed by atoms with Gasteiger partial charge in [0.1, 0.15) is 0 Å². The van der Waals surface area contributed by atoms with Crippen LogP contribution in [0.4, 0.5) is 17.1 Å². The Morgan fingerprint density at radius 3 is 2.10 bits per heavy atom. The molecule has 0 bridgehead atoms. The number of fused-ring (bicyclic) bond motifs is 4. The maximum atomic E-state index is 8.59. The number of aromatic nitrogens is 2. The molecule has 4 nitrogen and oxygen atoms in total. The minimum absolute atomic E-state index is 0. The van der Waals surface area contributed by atoms with Crippen molar-refractivity contribution in [2.45, 2.75) is 92.4 Å². The fourth-order valence-electron chi connectivity index (χ4n) is 8.49. The monoisotopic (exact) mass is 1010 g/mol. The van der Waals surface area contributed by atoms with Crippen LogP contribution >= 0.6 is 0 Å². The summed E-state index contributed by atoms with van der Waals surface area (Å²) in [5.41, 5.74) is 13.0. The molecule has 1 aliphatic heterocycles. The molecule has 6 heteroatoms. The third-order valence-corrected chi connectivity index (χ3v) is 13.4. The molecule has 6 aromatic carbocycles. The maximum Gasteiger partial charge on any atom is 3.00 e. The number of pyridine rings is 1. The van der Waals surface area contributed by atoms with Crippen LogP contribution in [0.15, 0.2) is 140 Å². The van der Waals surface area contributed by atoms with Crippen molar-refractivity contribution in [2.24, 2.45) is 5.92 Å². The second kappa shape index (κ2) is 18.6. The number of aryl methyl sites for hydroxylation is 1. The number of para-hydroxylation sites is 5. The van der Waals surface area contributed by atoms with E-state index in [9.17, 15) is 0 Å². The van der Waals surface area contributed by atoms with Gasteiger partial charge < -0.3 is 19.8 Å². The van der Waals surface area contributed by atoms with E-state index < -0.39 is 21.3 Å². The molecule has 0 amide bonds. The predicted octanol–water partition coefficient (Wildman–Crippen LogP) is 15.3. The summed E-state index contributed by atoms with van der Waals surface area (Å²) in [4.78, 5) is 7.00. The van der Waals surface area contributed by atoms with E-state index in [1.807, 2.05) is 19.9 Å². The van der Waals surface area contributed by atoms with Gasteiger partial charge in [0.15, 0.2) is 0 Å². The summed E-state index contributed by atoms with van der Waals surface area (Å²) in [7, 11) is -1.78. The van der Waals surface area contributed by atoms with Crippen LogP contribution in [0.25, 0.3) is 44.1 Å². The molecule has 1 aliphatic rings. The standard InChI is InChI=1S/C37H33N3.C19H26NSi.Ir/c1-24(2)28-16-12-17-29(25(3)4)36(28)40-35-20-11-9-18-32(35)38-37(40)26-21-22-34-31(23-26)30-15-8-10-19-33(30)39(34)27-13-6-5-7-14-27;1-14(2)11-17-12-18(16-9-7-15(3)8-10-16)20-13-19(17)21(4,5)6;/h5-20,22-25,37H,1-4H3;7-9,12-14H,11H2,1-6H3;/q-2;-1;+3/i;3D3,11D2;. The van der Waals surface area contributed by atoms with Gasteiger partial charge in [-0.1, -0.05) is 158 Å². The van der Waals surface area contributed by atoms with Crippen LogP contribution in [0.2, 0.25) is 19.6 Å². The Morgan fingerprint density at radius 2 is 1.44 bits per heavy atom. The number of benzene rings is 6. The Kier molecular flexibility index (Phi) is 11.5. The second-order valence-corrected chi connectivity index (χ2v) is 23.0. The first-order chi connectivity index (χ1) is 31.3. The largest absolute Gasteiger partial charge is 3.00 e. The Hall–Kier alpha value is -5.26. The summed E-state index contributed by atoms with van der Waals surface area (Å²) in [5, 5.41) is 8.80. The number of hydrogen-bond donors (Lipinski definition) is 0. The molecule has 9 rings (SSSR count). The van der Waals surface area contributed by atoms with Crippen LogP contribution in [-0.2, 0) is 26.5 Å². The molecule has 1 atom stereocenters. The summed E-state index contributed by atoms with van der Waals surface area (Å²) in [6, 6.07) is 52.3. The van der Waals surface area contributed by atoms with Crippen molar-refractivity contribution in [2.75, 3.05) is 4.90 Å². The topological polar surface area (TPSA) is 35.2 Å². The first kappa shape index (κ1) is 38.4. The Morgan fingerprint density at radius 1 is 0.742 bits per heavy atom. The van der Waals surface area contributed by atoms with E-state index in [4.69, 9.17) is 12.2 Å². The van der Waals surface area contributed by atoms with Crippen molar-refractivity contribution in [3.05, 3.63) is 185 Å². The van der Waals surface area contributed by atoms with Crippen LogP contribution < -0.4 is 10.1 Å². The molecule has 2 aromatic heterocycles. The molecule has 0 saturated carbocycles. The van der Waals surface area contributed by atoms with Gasteiger partial charge in [0.2, 0.25) is 0 Å². The SMILES string of the molecule is CC(C)c1cccc(C(C)C)c1N1c2ccccc2[N-]C1c1[c-]cc2c(c1)c1ccccc1n2-c1ccccc1.[2H]C([2H])([2H])c1c[c-]c(-c2cc(C([2H])([2H])C(C)C)c([Si](C)(C)C)cn2)cc1.[Ir+3]. The van der Waals surface area contributed by atoms with Gasteiger partial charge in [-0.25, -0.2) is 0 Å². The van der Waals surface area contributed by atoms with E-state index in [1.165, 1.54) is 39.2 Å². The summed E-state index contributed by atoms with van der Waals surface area (Å²) >= 11 is 0. The van der Waals surface area contributed by atoms with Crippen molar-refractivity contribution in [1.29, 1.82) is 0 Å². The molecule has 316 valence electrons. The van der Waals surface area contributed by atoms with Gasteiger partial charge in [0.25, 0.3) is 0 Å². The zero-order chi connectivity index (χ0) is 47.3. The third-order valence-electron chi connectivity index (χ3n) is 11.4. The Labute approximate surface area is 391 Å². The van der Waals surface area contributed by atoms with E-state index >= 15 is 0 Å². The molecule has 0 saturated heterocycles. The fourth-order valence-corrected chi connectivity index (χ4v) is 9.89. The first-order valence-electron chi connectivity index (χ1n) is 24.0. The van der Waals surface area contributed by atoms with E-state index in [2.05, 4.69) is 183 Å². The molecule has 0 fully saturated rings. The molecule has 0 spiro atoms. The third kappa shape index (κ3) is 8.97. The van der Waals surface area contributed by atoms with Crippen molar-refractivity contribution in [3.8, 4) is 16.9 Å². The molecule has 62 heavy (non-hydrogen) atoms. The molecule has 1 unspecified atom stereocenters.